The molecule has 0 spiro atoms. The summed E-state index contributed by atoms with van der Waals surface area (Å²) in [6.45, 7) is -0.128. The lowest BCUT2D eigenvalue weighted by Gasteiger charge is -1.96. The molecule has 4 heteroatoms. The first-order chi connectivity index (χ1) is 3.81. The van der Waals surface area contributed by atoms with E-state index in [0.717, 1.165) is 4.43 Å². The Morgan fingerprint density at radius 2 is 2.38 bits per heavy atom. The lowest BCUT2D eigenvalue weighted by atomic mass is 10.7. The van der Waals surface area contributed by atoms with Crippen molar-refractivity contribution in [3.8, 4) is 0 Å². The molecule has 0 aromatic carbocycles. The Morgan fingerprint density at radius 1 is 1.75 bits per heavy atom. The van der Waals surface area contributed by atoms with Crippen LogP contribution in [-0.2, 0) is 9.53 Å². The van der Waals surface area contributed by atoms with E-state index < -0.39 is 12.6 Å². The zero-order valence-corrected chi connectivity index (χ0v) is 6.42. The van der Waals surface area contributed by atoms with Crippen LogP contribution in [0.2, 0.25) is 0 Å². The molecule has 0 fully saturated rings. The van der Waals surface area contributed by atoms with Crippen LogP contribution in [0.5, 0.6) is 0 Å². The van der Waals surface area contributed by atoms with Crippen LogP contribution in [0.3, 0.4) is 0 Å². The summed E-state index contributed by atoms with van der Waals surface area (Å²) < 4.78 is 5.21. The van der Waals surface area contributed by atoms with Crippen molar-refractivity contribution in [1.82, 2.24) is 0 Å². The standard InChI is InChI=1S/C4H7IO3/c5-1-2-8-4(7)3-6/h6H,1-3H2. The Bertz CT molecular complexity index is 73.7. The molecule has 0 aliphatic rings. The van der Waals surface area contributed by atoms with E-state index in [4.69, 9.17) is 5.11 Å². The molecule has 0 heterocycles. The first-order valence-corrected chi connectivity index (χ1v) is 3.66. The highest BCUT2D eigenvalue weighted by molar-refractivity contribution is 14.1. The van der Waals surface area contributed by atoms with Gasteiger partial charge in [0, 0.05) is 4.43 Å². The maximum Gasteiger partial charge on any atom is 0.331 e. The predicted molar refractivity (Wildman–Crippen MR) is 36.9 cm³/mol. The summed E-state index contributed by atoms with van der Waals surface area (Å²) in [6, 6.07) is 0. The van der Waals surface area contributed by atoms with Gasteiger partial charge in [-0.05, 0) is 0 Å². The third kappa shape index (κ3) is 4.32. The van der Waals surface area contributed by atoms with Crippen LogP contribution in [-0.4, -0.2) is 28.7 Å². The van der Waals surface area contributed by atoms with Gasteiger partial charge in [-0.25, -0.2) is 4.79 Å². The van der Waals surface area contributed by atoms with Gasteiger partial charge in [0.1, 0.15) is 13.2 Å². The number of alkyl halides is 1. The molecule has 0 aliphatic heterocycles. The molecular weight excluding hydrogens is 223 g/mol. The van der Waals surface area contributed by atoms with Crippen molar-refractivity contribution in [3.63, 3.8) is 0 Å². The number of aliphatic hydroxyl groups is 1. The highest BCUT2D eigenvalue weighted by atomic mass is 127. The van der Waals surface area contributed by atoms with Gasteiger partial charge < -0.3 is 9.84 Å². The number of ether oxygens (including phenoxy) is 1. The third-order valence-corrected chi connectivity index (χ3v) is 0.910. The van der Waals surface area contributed by atoms with Crippen LogP contribution in [0, 0.1) is 0 Å². The van der Waals surface area contributed by atoms with Crippen molar-refractivity contribution in [2.75, 3.05) is 17.6 Å². The number of hydrogen-bond acceptors (Lipinski definition) is 3. The Kier molecular flexibility index (Phi) is 5.41. The zero-order chi connectivity index (χ0) is 6.41. The fourth-order valence-corrected chi connectivity index (χ4v) is 0.418. The summed E-state index contributed by atoms with van der Waals surface area (Å²) in [6.07, 6.45) is 0. The lowest BCUT2D eigenvalue weighted by Crippen LogP contribution is -2.10. The minimum Gasteiger partial charge on any atom is -0.463 e. The molecule has 0 aliphatic carbocycles. The maximum atomic E-state index is 10.1. The van der Waals surface area contributed by atoms with Crippen LogP contribution in [0.1, 0.15) is 0 Å². The Morgan fingerprint density at radius 3 is 2.75 bits per heavy atom. The summed E-state index contributed by atoms with van der Waals surface area (Å²) in [5, 5.41) is 8.08. The van der Waals surface area contributed by atoms with Gasteiger partial charge in [0.05, 0.1) is 0 Å². The number of rotatable bonds is 3. The molecule has 0 aromatic heterocycles. The second-order valence-electron chi connectivity index (χ2n) is 1.07. The van der Waals surface area contributed by atoms with Crippen molar-refractivity contribution in [2.24, 2.45) is 0 Å². The van der Waals surface area contributed by atoms with Gasteiger partial charge in [0.2, 0.25) is 0 Å². The number of aliphatic hydroxyl groups excluding tert-OH is 1. The molecule has 48 valence electrons. The molecule has 8 heavy (non-hydrogen) atoms. The lowest BCUT2D eigenvalue weighted by molar-refractivity contribution is -0.146. The molecule has 0 bridgehead atoms. The van der Waals surface area contributed by atoms with Gasteiger partial charge in [-0.3, -0.25) is 0 Å². The van der Waals surface area contributed by atoms with E-state index in [0.29, 0.717) is 6.61 Å². The molecule has 0 atom stereocenters. The van der Waals surface area contributed by atoms with E-state index in [1.807, 2.05) is 0 Å². The van der Waals surface area contributed by atoms with Crippen LogP contribution in [0.15, 0.2) is 0 Å². The Hall–Kier alpha value is 0.160. The topological polar surface area (TPSA) is 46.5 Å². The van der Waals surface area contributed by atoms with Crippen molar-refractivity contribution in [1.29, 1.82) is 0 Å². The van der Waals surface area contributed by atoms with Crippen LogP contribution in [0.25, 0.3) is 0 Å². The summed E-state index contributed by atoms with van der Waals surface area (Å²) in [5.74, 6) is -0.554. The summed E-state index contributed by atoms with van der Waals surface area (Å²) in [5.41, 5.74) is 0. The van der Waals surface area contributed by atoms with Crippen LogP contribution < -0.4 is 0 Å². The quantitative estimate of drug-likeness (QED) is 0.420. The Balaban J connectivity index is 2.99. The molecule has 0 amide bonds. The van der Waals surface area contributed by atoms with E-state index in [1.165, 1.54) is 0 Å². The monoisotopic (exact) mass is 230 g/mol. The summed E-state index contributed by atoms with van der Waals surface area (Å²) in [4.78, 5) is 10.1. The van der Waals surface area contributed by atoms with Gasteiger partial charge in [-0.15, -0.1) is 0 Å². The second-order valence-corrected chi connectivity index (χ2v) is 2.15. The molecule has 0 radical (unpaired) electrons. The summed E-state index contributed by atoms with van der Waals surface area (Å²) in [7, 11) is 0. The van der Waals surface area contributed by atoms with Crippen molar-refractivity contribution >= 4 is 28.6 Å². The highest BCUT2D eigenvalue weighted by Crippen LogP contribution is 1.82. The van der Waals surface area contributed by atoms with Gasteiger partial charge in [-0.2, -0.15) is 0 Å². The van der Waals surface area contributed by atoms with E-state index in [9.17, 15) is 4.79 Å². The Labute approximate surface area is 61.2 Å². The van der Waals surface area contributed by atoms with Gasteiger partial charge in [-0.1, -0.05) is 22.6 Å². The fourth-order valence-electron chi connectivity index (χ4n) is 0.198. The third-order valence-electron chi connectivity index (χ3n) is 0.469. The SMILES string of the molecule is O=C(CO)OCCI. The largest absolute Gasteiger partial charge is 0.463 e. The molecule has 0 unspecified atom stereocenters. The van der Waals surface area contributed by atoms with Crippen LogP contribution in [0.4, 0.5) is 0 Å². The molecule has 0 aromatic rings. The average Bonchev–Trinajstić information content (AvgIpc) is 1.83. The van der Waals surface area contributed by atoms with E-state index in [1.54, 1.807) is 0 Å². The van der Waals surface area contributed by atoms with Crippen molar-refractivity contribution in [3.05, 3.63) is 0 Å². The fraction of sp³-hybridized carbons (Fsp3) is 0.750. The number of hydrogen-bond donors (Lipinski definition) is 1. The molecular formula is C4H7IO3. The van der Waals surface area contributed by atoms with Crippen LogP contribution >= 0.6 is 22.6 Å². The second kappa shape index (κ2) is 5.30. The van der Waals surface area contributed by atoms with Crippen molar-refractivity contribution < 1.29 is 14.6 Å². The smallest absolute Gasteiger partial charge is 0.331 e. The van der Waals surface area contributed by atoms with E-state index in [-0.39, 0.29) is 0 Å². The average molecular weight is 230 g/mol. The molecule has 0 rings (SSSR count). The van der Waals surface area contributed by atoms with Gasteiger partial charge in [0.25, 0.3) is 0 Å². The first kappa shape index (κ1) is 8.16. The summed E-state index contributed by atoms with van der Waals surface area (Å²) >= 11 is 2.08. The van der Waals surface area contributed by atoms with E-state index in [2.05, 4.69) is 27.3 Å². The highest BCUT2D eigenvalue weighted by Gasteiger charge is 1.95. The van der Waals surface area contributed by atoms with Crippen molar-refractivity contribution in [2.45, 2.75) is 0 Å². The molecule has 1 N–H and O–H groups in total. The van der Waals surface area contributed by atoms with E-state index >= 15 is 0 Å². The molecule has 0 saturated heterocycles. The number of halogens is 1. The number of carbonyl (C=O) groups excluding carboxylic acids is 1. The minimum atomic E-state index is -0.554. The predicted octanol–water partition coefficient (Wildman–Crippen LogP) is -0.0431. The number of esters is 1. The van der Waals surface area contributed by atoms with Gasteiger partial charge >= 0.3 is 5.97 Å². The molecule has 0 saturated carbocycles. The normalized spacial score (nSPS) is 8.75. The first-order valence-electron chi connectivity index (χ1n) is 2.13. The number of carbonyl (C=O) groups is 1. The zero-order valence-electron chi connectivity index (χ0n) is 4.26. The minimum absolute atomic E-state index is 0.389. The van der Waals surface area contributed by atoms with Gasteiger partial charge in [0.15, 0.2) is 0 Å². The molecule has 3 nitrogen and oxygen atoms in total. The maximum absolute atomic E-state index is 10.1.